The molecule has 0 spiro atoms. The molecule has 2 aromatic rings. The number of guanidine groups is 1. The van der Waals surface area contributed by atoms with Crippen LogP contribution in [0.2, 0.25) is 0 Å². The normalized spacial score (nSPS) is 11.3. The molecule has 0 radical (unpaired) electrons. The van der Waals surface area contributed by atoms with Crippen LogP contribution in [-0.4, -0.2) is 25.4 Å². The van der Waals surface area contributed by atoms with Gasteiger partial charge >= 0.3 is 0 Å². The number of rotatable bonds is 7. The fourth-order valence-electron chi connectivity index (χ4n) is 1.95. The third kappa shape index (κ3) is 5.49. The van der Waals surface area contributed by atoms with Gasteiger partial charge in [0.1, 0.15) is 11.6 Å². The number of aliphatic imine (C=N–C) groups is 1. The van der Waals surface area contributed by atoms with E-state index in [0.29, 0.717) is 29.6 Å². The molecule has 0 heterocycles. The van der Waals surface area contributed by atoms with Crippen LogP contribution in [0.4, 0.5) is 10.1 Å². The molecular weight excluding hydrogens is 313 g/mol. The summed E-state index contributed by atoms with van der Waals surface area (Å²) in [5, 5.41) is 3.01. The maximum atomic E-state index is 13.5. The molecule has 0 aliphatic rings. The lowest BCUT2D eigenvalue weighted by atomic mass is 10.2. The Morgan fingerprint density at radius 2 is 1.96 bits per heavy atom. The Hall–Kier alpha value is -2.21. The molecule has 2 aromatic carbocycles. The van der Waals surface area contributed by atoms with Crippen LogP contribution in [0.1, 0.15) is 5.56 Å². The number of halogens is 1. The highest BCUT2D eigenvalue weighted by Crippen LogP contribution is 2.22. The van der Waals surface area contributed by atoms with Crippen LogP contribution in [0.3, 0.4) is 0 Å². The molecule has 0 fully saturated rings. The summed E-state index contributed by atoms with van der Waals surface area (Å²) in [5.41, 5.74) is 7.34. The maximum Gasteiger partial charge on any atom is 0.193 e. The third-order valence-corrected chi connectivity index (χ3v) is 4.09. The summed E-state index contributed by atoms with van der Waals surface area (Å²) in [6.07, 6.45) is 0. The summed E-state index contributed by atoms with van der Waals surface area (Å²) in [6.45, 7) is 0.563. The first kappa shape index (κ1) is 17.1. The topological polar surface area (TPSA) is 59.6 Å². The van der Waals surface area contributed by atoms with E-state index in [1.165, 1.54) is 6.07 Å². The quantitative estimate of drug-likeness (QED) is 0.462. The molecule has 0 aliphatic heterocycles. The van der Waals surface area contributed by atoms with Crippen LogP contribution in [0, 0.1) is 5.82 Å². The van der Waals surface area contributed by atoms with Gasteiger partial charge in [0.15, 0.2) is 5.96 Å². The molecule has 0 atom stereocenters. The molecule has 122 valence electrons. The van der Waals surface area contributed by atoms with E-state index in [-0.39, 0.29) is 5.82 Å². The van der Waals surface area contributed by atoms with Crippen molar-refractivity contribution in [3.63, 3.8) is 0 Å². The van der Waals surface area contributed by atoms with E-state index in [1.807, 2.05) is 30.3 Å². The van der Waals surface area contributed by atoms with Gasteiger partial charge in [0, 0.05) is 11.5 Å². The summed E-state index contributed by atoms with van der Waals surface area (Å²) in [7, 11) is 1.60. The molecule has 6 heteroatoms. The predicted molar refractivity (Wildman–Crippen MR) is 95.7 cm³/mol. The number of methoxy groups -OCH3 is 1. The second-order valence-corrected chi connectivity index (χ2v) is 5.84. The highest BCUT2D eigenvalue weighted by Gasteiger charge is 2.02. The maximum absolute atomic E-state index is 13.5. The van der Waals surface area contributed by atoms with Crippen LogP contribution in [-0.2, 0) is 5.75 Å². The van der Waals surface area contributed by atoms with Crippen molar-refractivity contribution in [2.24, 2.45) is 10.7 Å². The molecule has 0 aromatic heterocycles. The summed E-state index contributed by atoms with van der Waals surface area (Å²) < 4.78 is 18.7. The van der Waals surface area contributed by atoms with Crippen LogP contribution in [0.15, 0.2) is 53.5 Å². The Morgan fingerprint density at radius 1 is 1.22 bits per heavy atom. The Morgan fingerprint density at radius 3 is 2.74 bits per heavy atom. The number of ether oxygens (including phenoxy) is 1. The first-order chi connectivity index (χ1) is 11.2. The lowest BCUT2D eigenvalue weighted by Crippen LogP contribution is -2.23. The van der Waals surface area contributed by atoms with Crippen molar-refractivity contribution in [1.29, 1.82) is 0 Å². The molecule has 0 saturated carbocycles. The van der Waals surface area contributed by atoms with E-state index in [9.17, 15) is 4.39 Å². The average Bonchev–Trinajstić information content (AvgIpc) is 2.56. The fraction of sp³-hybridized carbons (Fsp3) is 0.235. The monoisotopic (exact) mass is 333 g/mol. The zero-order valence-electron chi connectivity index (χ0n) is 13.0. The summed E-state index contributed by atoms with van der Waals surface area (Å²) in [4.78, 5) is 4.26. The van der Waals surface area contributed by atoms with Crippen molar-refractivity contribution >= 4 is 23.4 Å². The Bertz CT molecular complexity index is 664. The van der Waals surface area contributed by atoms with Gasteiger partial charge in [0.05, 0.1) is 19.3 Å². The van der Waals surface area contributed by atoms with E-state index in [2.05, 4.69) is 10.3 Å². The summed E-state index contributed by atoms with van der Waals surface area (Å²) >= 11 is 1.62. The number of benzene rings is 2. The van der Waals surface area contributed by atoms with Gasteiger partial charge in [-0.3, -0.25) is 4.99 Å². The second kappa shape index (κ2) is 9.05. The van der Waals surface area contributed by atoms with Gasteiger partial charge in [0.25, 0.3) is 0 Å². The molecule has 0 aliphatic carbocycles. The van der Waals surface area contributed by atoms with E-state index < -0.39 is 0 Å². The molecule has 2 rings (SSSR count). The summed E-state index contributed by atoms with van der Waals surface area (Å²) in [6, 6.07) is 14.3. The number of hydrogen-bond acceptors (Lipinski definition) is 3. The molecular formula is C17H20FN3OS. The highest BCUT2D eigenvalue weighted by molar-refractivity contribution is 7.98. The number of hydrogen-bond donors (Lipinski definition) is 2. The fourth-order valence-corrected chi connectivity index (χ4v) is 2.77. The van der Waals surface area contributed by atoms with Crippen LogP contribution in [0.25, 0.3) is 0 Å². The lowest BCUT2D eigenvalue weighted by molar-refractivity contribution is 0.417. The SMILES string of the molecule is COc1ccccc1NC(N)=NCCSCc1ccccc1F. The van der Waals surface area contributed by atoms with Gasteiger partial charge in [-0.1, -0.05) is 30.3 Å². The average molecular weight is 333 g/mol. The predicted octanol–water partition coefficient (Wildman–Crippen LogP) is 3.49. The van der Waals surface area contributed by atoms with Gasteiger partial charge in [-0.25, -0.2) is 4.39 Å². The zero-order valence-corrected chi connectivity index (χ0v) is 13.8. The van der Waals surface area contributed by atoms with Gasteiger partial charge < -0.3 is 15.8 Å². The number of para-hydroxylation sites is 2. The lowest BCUT2D eigenvalue weighted by Gasteiger charge is -2.10. The second-order valence-electron chi connectivity index (χ2n) is 4.74. The zero-order chi connectivity index (χ0) is 16.5. The molecule has 0 saturated heterocycles. The van der Waals surface area contributed by atoms with Crippen molar-refractivity contribution in [3.8, 4) is 5.75 Å². The minimum Gasteiger partial charge on any atom is -0.495 e. The van der Waals surface area contributed by atoms with Crippen molar-refractivity contribution in [2.45, 2.75) is 5.75 Å². The van der Waals surface area contributed by atoms with Crippen molar-refractivity contribution in [2.75, 3.05) is 24.7 Å². The van der Waals surface area contributed by atoms with E-state index in [0.717, 1.165) is 11.4 Å². The molecule has 0 amide bonds. The van der Waals surface area contributed by atoms with E-state index in [1.54, 1.807) is 31.0 Å². The summed E-state index contributed by atoms with van der Waals surface area (Å²) in [5.74, 6) is 2.27. The third-order valence-electron chi connectivity index (χ3n) is 3.10. The van der Waals surface area contributed by atoms with E-state index in [4.69, 9.17) is 10.5 Å². The van der Waals surface area contributed by atoms with Crippen LogP contribution >= 0.6 is 11.8 Å². The molecule has 0 bridgehead atoms. The van der Waals surface area contributed by atoms with Gasteiger partial charge in [0.2, 0.25) is 0 Å². The number of nitrogens with two attached hydrogens (primary N) is 1. The highest BCUT2D eigenvalue weighted by atomic mass is 32.2. The van der Waals surface area contributed by atoms with Crippen LogP contribution in [0.5, 0.6) is 5.75 Å². The smallest absolute Gasteiger partial charge is 0.193 e. The van der Waals surface area contributed by atoms with Gasteiger partial charge in [-0.05, 0) is 23.8 Å². The first-order valence-electron chi connectivity index (χ1n) is 7.22. The number of thioether (sulfide) groups is 1. The van der Waals surface area contributed by atoms with Crippen molar-refractivity contribution < 1.29 is 9.13 Å². The molecule has 4 nitrogen and oxygen atoms in total. The number of anilines is 1. The van der Waals surface area contributed by atoms with Gasteiger partial charge in [-0.15, -0.1) is 0 Å². The van der Waals surface area contributed by atoms with Crippen molar-refractivity contribution in [1.82, 2.24) is 0 Å². The molecule has 23 heavy (non-hydrogen) atoms. The number of nitrogens with zero attached hydrogens (tertiary/aromatic N) is 1. The Kier molecular flexibility index (Phi) is 6.75. The van der Waals surface area contributed by atoms with Crippen molar-refractivity contribution in [3.05, 3.63) is 59.9 Å². The largest absolute Gasteiger partial charge is 0.495 e. The Labute approximate surface area is 140 Å². The van der Waals surface area contributed by atoms with Gasteiger partial charge in [-0.2, -0.15) is 11.8 Å². The first-order valence-corrected chi connectivity index (χ1v) is 8.37. The molecule has 0 unspecified atom stereocenters. The number of nitrogens with one attached hydrogen (secondary N) is 1. The standard InChI is InChI=1S/C17H20FN3OS/c1-22-16-9-5-4-8-15(16)21-17(19)20-10-11-23-12-13-6-2-3-7-14(13)18/h2-9H,10-12H2,1H3,(H3,19,20,21). The minimum absolute atomic E-state index is 0.166. The molecule has 3 N–H and O–H groups in total. The van der Waals surface area contributed by atoms with Crippen LogP contribution < -0.4 is 15.8 Å². The minimum atomic E-state index is -0.166. The Balaban J connectivity index is 1.76. The van der Waals surface area contributed by atoms with E-state index >= 15 is 0 Å².